The molecule has 0 bridgehead atoms. The van der Waals surface area contributed by atoms with Crippen LogP contribution in [0, 0.1) is 0 Å². The van der Waals surface area contributed by atoms with Crippen LogP contribution in [0.3, 0.4) is 0 Å². The third-order valence-corrected chi connectivity index (χ3v) is 5.10. The number of hydrogen-bond donors (Lipinski definition) is 1. The fraction of sp³-hybridized carbons (Fsp3) is 0.316. The lowest BCUT2D eigenvalue weighted by Crippen LogP contribution is -2.25. The number of carbonyl (C=O) groups excluding carboxylic acids is 1. The first-order valence-electron chi connectivity index (χ1n) is 8.68. The molecule has 1 unspecified atom stereocenters. The molecule has 0 aliphatic heterocycles. The van der Waals surface area contributed by atoms with Gasteiger partial charge in [-0.15, -0.1) is 0 Å². The van der Waals surface area contributed by atoms with Crippen molar-refractivity contribution < 1.29 is 9.53 Å². The minimum atomic E-state index is -0.320. The molecule has 0 radical (unpaired) electrons. The number of benzene rings is 1. The third-order valence-electron chi connectivity index (χ3n) is 4.02. The van der Waals surface area contributed by atoms with Crippen molar-refractivity contribution in [2.75, 3.05) is 12.4 Å². The zero-order valence-electron chi connectivity index (χ0n) is 15.8. The van der Waals surface area contributed by atoms with Crippen LogP contribution in [0.5, 0.6) is 5.75 Å². The van der Waals surface area contributed by atoms with Crippen LogP contribution in [0.25, 0.3) is 5.69 Å². The van der Waals surface area contributed by atoms with E-state index in [9.17, 15) is 4.79 Å². The van der Waals surface area contributed by atoms with Gasteiger partial charge in [0.2, 0.25) is 5.91 Å². The molecule has 7 nitrogen and oxygen atoms in total. The summed E-state index contributed by atoms with van der Waals surface area (Å²) in [7, 11) is 1.64. The van der Waals surface area contributed by atoms with Gasteiger partial charge in [-0.3, -0.25) is 9.36 Å². The van der Waals surface area contributed by atoms with E-state index in [1.807, 2.05) is 55.8 Å². The average Bonchev–Trinajstić information content (AvgIpc) is 3.31. The molecule has 1 amide bonds. The Morgan fingerprint density at radius 2 is 1.89 bits per heavy atom. The number of carbonyl (C=O) groups is 1. The molecule has 142 valence electrons. The van der Waals surface area contributed by atoms with E-state index < -0.39 is 0 Å². The van der Waals surface area contributed by atoms with E-state index in [1.54, 1.807) is 30.3 Å². The number of thioether (sulfide) groups is 1. The number of nitrogens with one attached hydrogen (secondary N) is 1. The zero-order chi connectivity index (χ0) is 19.4. The molecule has 1 N–H and O–H groups in total. The van der Waals surface area contributed by atoms with Crippen molar-refractivity contribution in [3.05, 3.63) is 48.9 Å². The Morgan fingerprint density at radius 1 is 1.15 bits per heavy atom. The minimum Gasteiger partial charge on any atom is -0.497 e. The predicted molar refractivity (Wildman–Crippen MR) is 107 cm³/mol. The maximum Gasteiger partial charge on any atom is 0.238 e. The zero-order valence-corrected chi connectivity index (χ0v) is 16.6. The van der Waals surface area contributed by atoms with Crippen molar-refractivity contribution in [2.24, 2.45) is 0 Å². The molecule has 3 rings (SSSR count). The highest BCUT2D eigenvalue weighted by Crippen LogP contribution is 2.26. The van der Waals surface area contributed by atoms with Crippen molar-refractivity contribution in [2.45, 2.75) is 37.2 Å². The summed E-state index contributed by atoms with van der Waals surface area (Å²) in [6.07, 6.45) is 5.29. The standard InChI is InChI=1S/C19H23N5O2S/c1-13(2)24-17(9-10-21-24)22-18(25)14(3)27-19-20-11-12-23(19)15-5-7-16(26-4)8-6-15/h5-14H,1-4H3,(H,22,25). The van der Waals surface area contributed by atoms with Crippen LogP contribution < -0.4 is 10.1 Å². The molecule has 0 spiro atoms. The molecule has 1 aromatic carbocycles. The SMILES string of the molecule is COc1ccc(-n2ccnc2SC(C)C(=O)Nc2ccnn2C(C)C)cc1. The van der Waals surface area contributed by atoms with Gasteiger partial charge in [0.05, 0.1) is 18.6 Å². The van der Waals surface area contributed by atoms with Crippen LogP contribution in [0.2, 0.25) is 0 Å². The van der Waals surface area contributed by atoms with Crippen LogP contribution in [0.4, 0.5) is 5.82 Å². The molecular formula is C19H23N5O2S. The normalized spacial score (nSPS) is 12.2. The summed E-state index contributed by atoms with van der Waals surface area (Å²) < 4.78 is 8.93. The fourth-order valence-corrected chi connectivity index (χ4v) is 3.46. The van der Waals surface area contributed by atoms with E-state index in [4.69, 9.17) is 4.74 Å². The van der Waals surface area contributed by atoms with Gasteiger partial charge in [0.15, 0.2) is 5.16 Å². The van der Waals surface area contributed by atoms with Crippen molar-refractivity contribution >= 4 is 23.5 Å². The predicted octanol–water partition coefficient (Wildman–Crippen LogP) is 3.78. The highest BCUT2D eigenvalue weighted by atomic mass is 32.2. The molecule has 0 fully saturated rings. The monoisotopic (exact) mass is 385 g/mol. The number of methoxy groups -OCH3 is 1. The lowest BCUT2D eigenvalue weighted by atomic mass is 10.3. The van der Waals surface area contributed by atoms with Crippen LogP contribution in [0.1, 0.15) is 26.8 Å². The smallest absolute Gasteiger partial charge is 0.238 e. The molecule has 3 aromatic rings. The molecule has 0 aliphatic carbocycles. The van der Waals surface area contributed by atoms with E-state index in [-0.39, 0.29) is 17.2 Å². The number of imidazole rings is 1. The van der Waals surface area contributed by atoms with Crippen LogP contribution >= 0.6 is 11.8 Å². The van der Waals surface area contributed by atoms with Crippen molar-refractivity contribution in [3.63, 3.8) is 0 Å². The molecule has 2 aromatic heterocycles. The molecule has 2 heterocycles. The van der Waals surface area contributed by atoms with Gasteiger partial charge in [-0.25, -0.2) is 9.67 Å². The Balaban J connectivity index is 1.71. The van der Waals surface area contributed by atoms with Crippen LogP contribution in [-0.2, 0) is 4.79 Å². The number of ether oxygens (including phenoxy) is 1. The first kappa shape index (κ1) is 19.0. The second-order valence-electron chi connectivity index (χ2n) is 6.28. The van der Waals surface area contributed by atoms with Gasteiger partial charge in [-0.05, 0) is 45.0 Å². The quantitative estimate of drug-likeness (QED) is 0.627. The molecule has 8 heteroatoms. The molecule has 0 saturated carbocycles. The number of anilines is 1. The van der Waals surface area contributed by atoms with Gasteiger partial charge in [0.25, 0.3) is 0 Å². The van der Waals surface area contributed by atoms with Gasteiger partial charge >= 0.3 is 0 Å². The number of hydrogen-bond acceptors (Lipinski definition) is 5. The topological polar surface area (TPSA) is 74.0 Å². The second kappa shape index (κ2) is 8.30. The average molecular weight is 385 g/mol. The number of amides is 1. The summed E-state index contributed by atoms with van der Waals surface area (Å²) >= 11 is 1.40. The Labute approximate surface area is 162 Å². The van der Waals surface area contributed by atoms with Gasteiger partial charge in [-0.1, -0.05) is 11.8 Å². The Morgan fingerprint density at radius 3 is 2.56 bits per heavy atom. The first-order valence-corrected chi connectivity index (χ1v) is 9.56. The highest BCUT2D eigenvalue weighted by molar-refractivity contribution is 8.00. The Hall–Kier alpha value is -2.74. The Bertz CT molecular complexity index is 901. The van der Waals surface area contributed by atoms with E-state index in [1.165, 1.54) is 11.8 Å². The van der Waals surface area contributed by atoms with Crippen molar-refractivity contribution in [1.29, 1.82) is 0 Å². The Kier molecular flexibility index (Phi) is 5.85. The van der Waals surface area contributed by atoms with E-state index >= 15 is 0 Å². The molecular weight excluding hydrogens is 362 g/mol. The lowest BCUT2D eigenvalue weighted by molar-refractivity contribution is -0.115. The summed E-state index contributed by atoms with van der Waals surface area (Å²) in [5.41, 5.74) is 0.960. The number of rotatable bonds is 7. The minimum absolute atomic E-state index is 0.0910. The fourth-order valence-electron chi connectivity index (χ4n) is 2.58. The first-order chi connectivity index (χ1) is 13.0. The summed E-state index contributed by atoms with van der Waals surface area (Å²) in [5, 5.41) is 7.62. The van der Waals surface area contributed by atoms with E-state index in [0.717, 1.165) is 16.6 Å². The maximum atomic E-state index is 12.6. The van der Waals surface area contributed by atoms with Crippen LogP contribution in [-0.4, -0.2) is 37.6 Å². The van der Waals surface area contributed by atoms with Gasteiger partial charge in [0.1, 0.15) is 11.6 Å². The van der Waals surface area contributed by atoms with Gasteiger partial charge < -0.3 is 10.1 Å². The van der Waals surface area contributed by atoms with Crippen molar-refractivity contribution in [3.8, 4) is 11.4 Å². The number of nitrogens with zero attached hydrogens (tertiary/aromatic N) is 4. The summed E-state index contributed by atoms with van der Waals surface area (Å²) in [6.45, 7) is 5.90. The number of aromatic nitrogens is 4. The van der Waals surface area contributed by atoms with Crippen LogP contribution in [0.15, 0.2) is 54.1 Å². The third kappa shape index (κ3) is 4.33. The summed E-state index contributed by atoms with van der Waals surface area (Å²) in [4.78, 5) is 17.0. The molecule has 0 saturated heterocycles. The van der Waals surface area contributed by atoms with Gasteiger partial charge in [-0.2, -0.15) is 5.10 Å². The van der Waals surface area contributed by atoms with E-state index in [0.29, 0.717) is 5.82 Å². The maximum absolute atomic E-state index is 12.6. The summed E-state index contributed by atoms with van der Waals surface area (Å²) in [5.74, 6) is 1.40. The van der Waals surface area contributed by atoms with E-state index in [2.05, 4.69) is 15.4 Å². The largest absolute Gasteiger partial charge is 0.497 e. The molecule has 1 atom stereocenters. The van der Waals surface area contributed by atoms with Gasteiger partial charge in [0, 0.05) is 30.2 Å². The molecule has 27 heavy (non-hydrogen) atoms. The summed E-state index contributed by atoms with van der Waals surface area (Å²) in [6, 6.07) is 9.67. The van der Waals surface area contributed by atoms with Crippen molar-refractivity contribution in [1.82, 2.24) is 19.3 Å². The second-order valence-corrected chi connectivity index (χ2v) is 7.59. The lowest BCUT2D eigenvalue weighted by Gasteiger charge is -2.15. The molecule has 0 aliphatic rings. The highest BCUT2D eigenvalue weighted by Gasteiger charge is 2.19.